The van der Waals surface area contributed by atoms with Gasteiger partial charge in [0, 0.05) is 36.8 Å². The number of alkyl halides is 3. The standard InChI is InChI=1S/C19H14ClF3N6O2S/c1-3-32(30,31)14-4-10(11-7-26-18(20)27-8-11)6-25-16(14)17-28-12-5-15(19(21,22)23)24-9-13(12)29(17)2/h4-9H,3H2,1-2H3. The molecule has 4 aromatic heterocycles. The van der Waals surface area contributed by atoms with E-state index in [0.717, 1.165) is 12.3 Å². The number of fused-ring (bicyclic) bond motifs is 1. The molecule has 0 bridgehead atoms. The van der Waals surface area contributed by atoms with Crippen LogP contribution >= 0.6 is 11.6 Å². The Balaban J connectivity index is 1.94. The third-order valence-electron chi connectivity index (χ3n) is 4.79. The smallest absolute Gasteiger partial charge is 0.324 e. The Morgan fingerprint density at radius 3 is 2.28 bits per heavy atom. The molecule has 13 heteroatoms. The zero-order valence-corrected chi connectivity index (χ0v) is 18.2. The van der Waals surface area contributed by atoms with E-state index >= 15 is 0 Å². The van der Waals surface area contributed by atoms with Crippen LogP contribution < -0.4 is 0 Å². The minimum atomic E-state index is -4.64. The van der Waals surface area contributed by atoms with Crippen LogP contribution in [0.5, 0.6) is 0 Å². The summed E-state index contributed by atoms with van der Waals surface area (Å²) < 4.78 is 66.3. The molecule has 0 aromatic carbocycles. The highest BCUT2D eigenvalue weighted by molar-refractivity contribution is 7.91. The lowest BCUT2D eigenvalue weighted by Crippen LogP contribution is -2.09. The molecular formula is C19H14ClF3N6O2S. The molecule has 0 radical (unpaired) electrons. The number of rotatable bonds is 4. The van der Waals surface area contributed by atoms with Gasteiger partial charge in [0.15, 0.2) is 15.7 Å². The van der Waals surface area contributed by atoms with Crippen LogP contribution in [-0.4, -0.2) is 43.7 Å². The van der Waals surface area contributed by atoms with Gasteiger partial charge >= 0.3 is 6.18 Å². The minimum Gasteiger partial charge on any atom is -0.324 e. The predicted molar refractivity (Wildman–Crippen MR) is 111 cm³/mol. The third kappa shape index (κ3) is 3.91. The van der Waals surface area contributed by atoms with E-state index in [-0.39, 0.29) is 33.0 Å². The average Bonchev–Trinajstić information content (AvgIpc) is 3.09. The first-order valence-corrected chi connectivity index (χ1v) is 11.1. The highest BCUT2D eigenvalue weighted by atomic mass is 35.5. The quantitative estimate of drug-likeness (QED) is 0.405. The second kappa shape index (κ2) is 7.78. The highest BCUT2D eigenvalue weighted by Crippen LogP contribution is 2.33. The minimum absolute atomic E-state index is 0.0118. The van der Waals surface area contributed by atoms with Gasteiger partial charge in [-0.25, -0.2) is 28.4 Å². The van der Waals surface area contributed by atoms with E-state index in [1.165, 1.54) is 36.1 Å². The number of aromatic nitrogens is 6. The van der Waals surface area contributed by atoms with Crippen LogP contribution in [0.3, 0.4) is 0 Å². The first-order valence-electron chi connectivity index (χ1n) is 9.12. The maximum atomic E-state index is 13.0. The fourth-order valence-corrected chi connectivity index (χ4v) is 4.23. The van der Waals surface area contributed by atoms with Gasteiger partial charge < -0.3 is 4.57 Å². The van der Waals surface area contributed by atoms with Crippen LogP contribution in [0.4, 0.5) is 13.2 Å². The van der Waals surface area contributed by atoms with Gasteiger partial charge in [0.2, 0.25) is 5.28 Å². The van der Waals surface area contributed by atoms with Gasteiger partial charge in [-0.15, -0.1) is 0 Å². The summed E-state index contributed by atoms with van der Waals surface area (Å²) in [5.74, 6) is -0.126. The second-order valence-corrected chi connectivity index (χ2v) is 9.35. The summed E-state index contributed by atoms with van der Waals surface area (Å²) in [7, 11) is -2.23. The van der Waals surface area contributed by atoms with Gasteiger partial charge in [-0.3, -0.25) is 4.98 Å². The van der Waals surface area contributed by atoms with Crippen LogP contribution in [0.15, 0.2) is 41.8 Å². The molecule has 0 spiro atoms. The summed E-state index contributed by atoms with van der Waals surface area (Å²) >= 11 is 5.71. The number of hydrogen-bond acceptors (Lipinski definition) is 7. The predicted octanol–water partition coefficient (Wildman–Crippen LogP) is 3.95. The SMILES string of the molecule is CCS(=O)(=O)c1cc(-c2cnc(Cl)nc2)cnc1-c1nc2cc(C(F)(F)F)ncc2n1C. The molecule has 166 valence electrons. The van der Waals surface area contributed by atoms with Crippen molar-refractivity contribution in [2.45, 2.75) is 18.0 Å². The van der Waals surface area contributed by atoms with Crippen molar-refractivity contribution in [2.75, 3.05) is 5.75 Å². The zero-order chi connectivity index (χ0) is 23.3. The molecule has 0 aliphatic rings. The molecule has 0 amide bonds. The summed E-state index contributed by atoms with van der Waals surface area (Å²) in [4.78, 5) is 19.6. The zero-order valence-electron chi connectivity index (χ0n) is 16.6. The molecule has 4 rings (SSSR count). The highest BCUT2D eigenvalue weighted by Gasteiger charge is 2.33. The topological polar surface area (TPSA) is 104 Å². The maximum absolute atomic E-state index is 13.0. The lowest BCUT2D eigenvalue weighted by Gasteiger charge is -2.11. The van der Waals surface area contributed by atoms with Crippen LogP contribution in [0.25, 0.3) is 33.7 Å². The van der Waals surface area contributed by atoms with E-state index in [9.17, 15) is 21.6 Å². The largest absolute Gasteiger partial charge is 0.433 e. The van der Waals surface area contributed by atoms with Crippen molar-refractivity contribution in [1.82, 2.24) is 29.5 Å². The van der Waals surface area contributed by atoms with Crippen LogP contribution in [0.1, 0.15) is 12.6 Å². The van der Waals surface area contributed by atoms with Crippen molar-refractivity contribution in [2.24, 2.45) is 7.05 Å². The summed E-state index contributed by atoms with van der Waals surface area (Å²) in [5, 5.41) is 0.0336. The first-order chi connectivity index (χ1) is 15.0. The summed E-state index contributed by atoms with van der Waals surface area (Å²) in [6, 6.07) is 2.22. The number of aryl methyl sites for hydroxylation is 1. The Kier molecular flexibility index (Phi) is 5.37. The molecule has 0 unspecified atom stereocenters. The fourth-order valence-electron chi connectivity index (χ4n) is 3.08. The summed E-state index contributed by atoms with van der Waals surface area (Å²) in [6.07, 6.45) is 0.669. The molecule has 4 heterocycles. The van der Waals surface area contributed by atoms with E-state index in [0.29, 0.717) is 16.6 Å². The van der Waals surface area contributed by atoms with Gasteiger partial charge in [0.1, 0.15) is 11.4 Å². The molecule has 4 aromatic rings. The molecule has 0 saturated carbocycles. The molecule has 0 N–H and O–H groups in total. The first kappa shape index (κ1) is 22.1. The molecule has 0 atom stereocenters. The second-order valence-electron chi connectivity index (χ2n) is 6.77. The third-order valence-corrected chi connectivity index (χ3v) is 6.73. The van der Waals surface area contributed by atoms with Crippen molar-refractivity contribution in [3.05, 3.63) is 47.9 Å². The average molecular weight is 483 g/mol. The maximum Gasteiger partial charge on any atom is 0.433 e. The Hall–Kier alpha value is -3.12. The number of hydrogen-bond donors (Lipinski definition) is 0. The lowest BCUT2D eigenvalue weighted by atomic mass is 10.1. The van der Waals surface area contributed by atoms with Gasteiger partial charge in [0.05, 0.1) is 27.9 Å². The van der Waals surface area contributed by atoms with Crippen molar-refractivity contribution in [3.8, 4) is 22.6 Å². The molecular weight excluding hydrogens is 469 g/mol. The van der Waals surface area contributed by atoms with Crippen molar-refractivity contribution >= 4 is 32.5 Å². The summed E-state index contributed by atoms with van der Waals surface area (Å²) in [5.41, 5.74) is 0.147. The van der Waals surface area contributed by atoms with Gasteiger partial charge in [-0.2, -0.15) is 13.2 Å². The van der Waals surface area contributed by atoms with E-state index in [1.54, 1.807) is 7.05 Å². The van der Waals surface area contributed by atoms with Crippen molar-refractivity contribution < 1.29 is 21.6 Å². The monoisotopic (exact) mass is 482 g/mol. The number of nitrogens with zero attached hydrogens (tertiary/aromatic N) is 6. The Morgan fingerprint density at radius 2 is 1.66 bits per heavy atom. The molecule has 0 fully saturated rings. The Morgan fingerprint density at radius 1 is 1.00 bits per heavy atom. The van der Waals surface area contributed by atoms with E-state index in [2.05, 4.69) is 24.9 Å². The fraction of sp³-hybridized carbons (Fsp3) is 0.211. The summed E-state index contributed by atoms with van der Waals surface area (Å²) in [6.45, 7) is 1.48. The number of imidazole rings is 1. The normalized spacial score (nSPS) is 12.4. The van der Waals surface area contributed by atoms with E-state index in [4.69, 9.17) is 11.6 Å². The molecule has 8 nitrogen and oxygen atoms in total. The molecule has 0 aliphatic heterocycles. The van der Waals surface area contributed by atoms with Gasteiger partial charge in [0.25, 0.3) is 0 Å². The lowest BCUT2D eigenvalue weighted by molar-refractivity contribution is -0.141. The molecule has 0 aliphatic carbocycles. The van der Waals surface area contributed by atoms with Crippen molar-refractivity contribution in [3.63, 3.8) is 0 Å². The van der Waals surface area contributed by atoms with E-state index < -0.39 is 21.7 Å². The number of pyridine rings is 2. The molecule has 0 saturated heterocycles. The van der Waals surface area contributed by atoms with Gasteiger partial charge in [-0.1, -0.05) is 6.92 Å². The van der Waals surface area contributed by atoms with Crippen molar-refractivity contribution in [1.29, 1.82) is 0 Å². The van der Waals surface area contributed by atoms with Crippen LogP contribution in [0.2, 0.25) is 5.28 Å². The Bertz CT molecular complexity index is 1440. The number of sulfone groups is 1. The Labute approximate surface area is 185 Å². The van der Waals surface area contributed by atoms with Crippen LogP contribution in [-0.2, 0) is 23.1 Å². The number of halogens is 4. The van der Waals surface area contributed by atoms with E-state index in [1.807, 2.05) is 0 Å². The van der Waals surface area contributed by atoms with Gasteiger partial charge in [-0.05, 0) is 23.7 Å². The molecule has 32 heavy (non-hydrogen) atoms. The van der Waals surface area contributed by atoms with Crippen LogP contribution in [0, 0.1) is 0 Å².